The number of anilines is 1. The molecule has 1 aromatic carbocycles. The number of rotatable bonds is 4. The normalized spacial score (nSPS) is 13.3. The van der Waals surface area contributed by atoms with E-state index in [1.807, 2.05) is 19.1 Å². The molecule has 0 fully saturated rings. The maximum atomic E-state index is 11.5. The molecular weight excluding hydrogens is 253 g/mol. The van der Waals surface area contributed by atoms with Crippen LogP contribution in [0.2, 0.25) is 0 Å². The van der Waals surface area contributed by atoms with Gasteiger partial charge in [0.1, 0.15) is 5.76 Å². The summed E-state index contributed by atoms with van der Waals surface area (Å²) in [5.41, 5.74) is 1.71. The van der Waals surface area contributed by atoms with E-state index in [1.54, 1.807) is 18.2 Å². The maximum absolute atomic E-state index is 11.5. The molecule has 0 aliphatic carbocycles. The standard InChI is InChI=1S/C12H14NO4P/c1-9-4-6-10(7-5-9)13-12(18(14,15)16)11-3-2-8-17-11/h2-8,12-13H,1H3,(H2,14,15,16). The summed E-state index contributed by atoms with van der Waals surface area (Å²) >= 11 is 0. The zero-order chi connectivity index (χ0) is 13.2. The molecule has 3 N–H and O–H groups in total. The van der Waals surface area contributed by atoms with Crippen molar-refractivity contribution in [1.29, 1.82) is 0 Å². The van der Waals surface area contributed by atoms with Crippen LogP contribution >= 0.6 is 7.60 Å². The lowest BCUT2D eigenvalue weighted by molar-refractivity contribution is 0.354. The van der Waals surface area contributed by atoms with Crippen molar-refractivity contribution in [3.8, 4) is 0 Å². The first-order valence-corrected chi connectivity index (χ1v) is 7.07. The Labute approximate surface area is 105 Å². The molecule has 96 valence electrons. The smallest absolute Gasteiger partial charge is 0.355 e. The molecule has 2 rings (SSSR count). The van der Waals surface area contributed by atoms with Gasteiger partial charge in [-0.25, -0.2) is 0 Å². The van der Waals surface area contributed by atoms with Gasteiger partial charge in [0.25, 0.3) is 0 Å². The minimum Gasteiger partial charge on any atom is -0.466 e. The van der Waals surface area contributed by atoms with E-state index >= 15 is 0 Å². The van der Waals surface area contributed by atoms with Crippen LogP contribution in [-0.4, -0.2) is 9.79 Å². The van der Waals surface area contributed by atoms with Crippen LogP contribution in [0.25, 0.3) is 0 Å². The van der Waals surface area contributed by atoms with Gasteiger partial charge in [0, 0.05) is 5.69 Å². The molecule has 0 saturated carbocycles. The van der Waals surface area contributed by atoms with Crippen molar-refractivity contribution < 1.29 is 18.8 Å². The Balaban J connectivity index is 2.26. The molecule has 0 aliphatic heterocycles. The molecule has 0 radical (unpaired) electrons. The molecule has 1 unspecified atom stereocenters. The Bertz CT molecular complexity index is 544. The topological polar surface area (TPSA) is 82.7 Å². The van der Waals surface area contributed by atoms with Crippen molar-refractivity contribution in [2.24, 2.45) is 0 Å². The number of hydrogen-bond donors (Lipinski definition) is 3. The molecule has 6 heteroatoms. The van der Waals surface area contributed by atoms with Gasteiger partial charge in [-0.15, -0.1) is 0 Å². The Kier molecular flexibility index (Phi) is 3.57. The van der Waals surface area contributed by atoms with Gasteiger partial charge in [-0.05, 0) is 31.2 Å². The minimum atomic E-state index is -4.35. The number of aryl methyl sites for hydroxylation is 1. The SMILES string of the molecule is Cc1ccc(NC(c2ccco2)P(=O)(O)O)cc1. The molecule has 0 amide bonds. The Hall–Kier alpha value is -1.55. The highest BCUT2D eigenvalue weighted by Gasteiger charge is 2.32. The van der Waals surface area contributed by atoms with Gasteiger partial charge in [-0.1, -0.05) is 17.7 Å². The third kappa shape index (κ3) is 3.01. The zero-order valence-corrected chi connectivity index (χ0v) is 10.7. The lowest BCUT2D eigenvalue weighted by atomic mass is 10.2. The summed E-state index contributed by atoms with van der Waals surface area (Å²) in [5.74, 6) is -0.959. The summed E-state index contributed by atoms with van der Waals surface area (Å²) in [6.07, 6.45) is 1.38. The Morgan fingerprint density at radius 3 is 2.39 bits per heavy atom. The molecule has 0 aliphatic rings. The molecule has 5 nitrogen and oxygen atoms in total. The van der Waals surface area contributed by atoms with E-state index in [9.17, 15) is 14.4 Å². The summed E-state index contributed by atoms with van der Waals surface area (Å²) in [4.78, 5) is 18.7. The van der Waals surface area contributed by atoms with Gasteiger partial charge in [0.2, 0.25) is 0 Å². The van der Waals surface area contributed by atoms with Gasteiger partial charge >= 0.3 is 7.60 Å². The summed E-state index contributed by atoms with van der Waals surface area (Å²) < 4.78 is 16.5. The van der Waals surface area contributed by atoms with Crippen LogP contribution in [0.3, 0.4) is 0 Å². The van der Waals surface area contributed by atoms with Gasteiger partial charge < -0.3 is 19.5 Å². The lowest BCUT2D eigenvalue weighted by Crippen LogP contribution is -2.10. The van der Waals surface area contributed by atoms with Crippen molar-refractivity contribution in [2.45, 2.75) is 12.7 Å². The van der Waals surface area contributed by atoms with Crippen LogP contribution in [0.4, 0.5) is 5.69 Å². The van der Waals surface area contributed by atoms with Crippen LogP contribution in [0, 0.1) is 6.92 Å². The summed E-state index contributed by atoms with van der Waals surface area (Å²) in [6, 6.07) is 10.4. The summed E-state index contributed by atoms with van der Waals surface area (Å²) in [6.45, 7) is 1.94. The Morgan fingerprint density at radius 1 is 1.22 bits per heavy atom. The highest BCUT2D eigenvalue weighted by Crippen LogP contribution is 2.51. The van der Waals surface area contributed by atoms with Gasteiger partial charge in [-0.3, -0.25) is 4.57 Å². The summed E-state index contributed by atoms with van der Waals surface area (Å²) in [7, 11) is -4.35. The number of benzene rings is 1. The fourth-order valence-corrected chi connectivity index (χ4v) is 2.37. The first kappa shape index (κ1) is 12.9. The van der Waals surface area contributed by atoms with E-state index in [0.717, 1.165) is 5.56 Å². The average molecular weight is 267 g/mol. The fourth-order valence-electron chi connectivity index (χ4n) is 1.58. The van der Waals surface area contributed by atoms with Crippen molar-refractivity contribution in [3.63, 3.8) is 0 Å². The lowest BCUT2D eigenvalue weighted by Gasteiger charge is -2.19. The third-order valence-electron chi connectivity index (χ3n) is 2.50. The van der Waals surface area contributed by atoms with Crippen molar-refractivity contribution in [1.82, 2.24) is 0 Å². The van der Waals surface area contributed by atoms with Crippen molar-refractivity contribution >= 4 is 13.3 Å². The zero-order valence-electron chi connectivity index (χ0n) is 9.78. The van der Waals surface area contributed by atoms with E-state index in [0.29, 0.717) is 5.69 Å². The highest BCUT2D eigenvalue weighted by molar-refractivity contribution is 7.52. The van der Waals surface area contributed by atoms with E-state index in [1.165, 1.54) is 12.3 Å². The number of hydrogen-bond acceptors (Lipinski definition) is 3. The number of furan rings is 1. The van der Waals surface area contributed by atoms with Gasteiger partial charge in [0.05, 0.1) is 6.26 Å². The summed E-state index contributed by atoms with van der Waals surface area (Å²) in [5, 5.41) is 2.79. The quantitative estimate of drug-likeness (QED) is 0.742. The second-order valence-corrected chi connectivity index (χ2v) is 5.71. The predicted molar refractivity (Wildman–Crippen MR) is 68.3 cm³/mol. The van der Waals surface area contributed by atoms with Crippen LogP contribution < -0.4 is 5.32 Å². The molecule has 0 saturated heterocycles. The van der Waals surface area contributed by atoms with E-state index in [2.05, 4.69) is 5.32 Å². The van der Waals surface area contributed by atoms with Gasteiger partial charge in [0.15, 0.2) is 5.78 Å². The molecule has 0 bridgehead atoms. The van der Waals surface area contributed by atoms with Crippen molar-refractivity contribution in [3.05, 3.63) is 54.0 Å². The first-order chi connectivity index (χ1) is 8.47. The largest absolute Gasteiger partial charge is 0.466 e. The second kappa shape index (κ2) is 4.98. The molecule has 1 aromatic heterocycles. The molecule has 1 heterocycles. The fraction of sp³-hybridized carbons (Fsp3) is 0.167. The molecule has 18 heavy (non-hydrogen) atoms. The molecule has 0 spiro atoms. The molecular formula is C12H14NO4P. The second-order valence-electron chi connectivity index (χ2n) is 4.02. The van der Waals surface area contributed by atoms with E-state index < -0.39 is 13.4 Å². The molecule has 2 aromatic rings. The van der Waals surface area contributed by atoms with Crippen LogP contribution in [0.1, 0.15) is 17.1 Å². The third-order valence-corrected chi connectivity index (χ3v) is 3.56. The molecule has 1 atom stereocenters. The Morgan fingerprint density at radius 2 is 1.89 bits per heavy atom. The maximum Gasteiger partial charge on any atom is 0.355 e. The van der Waals surface area contributed by atoms with Crippen molar-refractivity contribution in [2.75, 3.05) is 5.32 Å². The minimum absolute atomic E-state index is 0.212. The van der Waals surface area contributed by atoms with E-state index in [-0.39, 0.29) is 5.76 Å². The van der Waals surface area contributed by atoms with Crippen LogP contribution in [-0.2, 0) is 4.57 Å². The monoisotopic (exact) mass is 267 g/mol. The average Bonchev–Trinajstić information content (AvgIpc) is 2.80. The number of nitrogens with one attached hydrogen (secondary N) is 1. The highest BCUT2D eigenvalue weighted by atomic mass is 31.2. The van der Waals surface area contributed by atoms with Crippen LogP contribution in [0.15, 0.2) is 47.1 Å². The van der Waals surface area contributed by atoms with Gasteiger partial charge in [-0.2, -0.15) is 0 Å². The van der Waals surface area contributed by atoms with Crippen LogP contribution in [0.5, 0.6) is 0 Å². The first-order valence-electron chi connectivity index (χ1n) is 5.38. The predicted octanol–water partition coefficient (Wildman–Crippen LogP) is 2.88. The van der Waals surface area contributed by atoms with E-state index in [4.69, 9.17) is 4.42 Å².